The molecule has 1 fully saturated rings. The van der Waals surface area contributed by atoms with Crippen molar-refractivity contribution in [1.29, 1.82) is 0 Å². The lowest BCUT2D eigenvalue weighted by Gasteiger charge is -2.32. The molecular formula is C21H25N5O. The number of aromatic amines is 1. The van der Waals surface area contributed by atoms with Gasteiger partial charge in [0.2, 0.25) is 5.91 Å². The summed E-state index contributed by atoms with van der Waals surface area (Å²) in [6.45, 7) is 0. The number of carbonyl (C=O) groups excluding carboxylic acids is 1. The van der Waals surface area contributed by atoms with Gasteiger partial charge in [0.25, 0.3) is 0 Å². The van der Waals surface area contributed by atoms with E-state index in [-0.39, 0.29) is 11.8 Å². The molecule has 2 aliphatic carbocycles. The van der Waals surface area contributed by atoms with E-state index in [2.05, 4.69) is 49.2 Å². The van der Waals surface area contributed by atoms with E-state index >= 15 is 0 Å². The van der Waals surface area contributed by atoms with Crippen LogP contribution in [-0.2, 0) is 17.6 Å². The molecule has 4 aliphatic rings. The molecule has 1 saturated carbocycles. The van der Waals surface area contributed by atoms with Gasteiger partial charge in [-0.05, 0) is 56.7 Å². The molecule has 6 nitrogen and oxygen atoms in total. The molecular weight excluding hydrogens is 338 g/mol. The predicted molar refractivity (Wildman–Crippen MR) is 102 cm³/mol. The van der Waals surface area contributed by atoms with Gasteiger partial charge < -0.3 is 14.9 Å². The molecule has 27 heavy (non-hydrogen) atoms. The summed E-state index contributed by atoms with van der Waals surface area (Å²) in [7, 11) is 0. The maximum atomic E-state index is 12.7. The van der Waals surface area contributed by atoms with Crippen LogP contribution in [0, 0.1) is 5.92 Å². The Morgan fingerprint density at radius 2 is 2.04 bits per heavy atom. The summed E-state index contributed by atoms with van der Waals surface area (Å²) in [5.41, 5.74) is 3.46. The first-order valence-electron chi connectivity index (χ1n) is 10.0. The van der Waals surface area contributed by atoms with Crippen molar-refractivity contribution in [3.8, 4) is 11.4 Å². The van der Waals surface area contributed by atoms with Crippen molar-refractivity contribution in [1.82, 2.24) is 24.8 Å². The number of fused-ring (bicyclic) bond motifs is 2. The maximum Gasteiger partial charge on any atom is 0.223 e. The lowest BCUT2D eigenvalue weighted by Crippen LogP contribution is -2.42. The van der Waals surface area contributed by atoms with E-state index in [1.54, 1.807) is 6.33 Å². The molecule has 1 aromatic heterocycles. The Bertz CT molecular complexity index is 905. The van der Waals surface area contributed by atoms with Gasteiger partial charge in [0.1, 0.15) is 5.82 Å². The SMILES string of the molecule is O=C(NC1CCC(n2cccc3ccnc2-3)CC1)C1CCc2nc[nH]c2C1. The van der Waals surface area contributed by atoms with Crippen molar-refractivity contribution in [2.45, 2.75) is 57.0 Å². The predicted octanol–water partition coefficient (Wildman–Crippen LogP) is 3.12. The van der Waals surface area contributed by atoms with Crippen molar-refractivity contribution >= 4 is 5.91 Å². The smallest absolute Gasteiger partial charge is 0.223 e. The second-order valence-electron chi connectivity index (χ2n) is 7.92. The fraction of sp³-hybridized carbons (Fsp3) is 0.476. The van der Waals surface area contributed by atoms with Crippen molar-refractivity contribution < 1.29 is 4.79 Å². The monoisotopic (exact) mass is 363 g/mol. The summed E-state index contributed by atoms with van der Waals surface area (Å²) in [6.07, 6.45) is 12.6. The van der Waals surface area contributed by atoms with Gasteiger partial charge in [-0.15, -0.1) is 0 Å². The van der Waals surface area contributed by atoms with E-state index in [1.165, 1.54) is 5.56 Å². The van der Waals surface area contributed by atoms with Gasteiger partial charge in [0.05, 0.1) is 12.0 Å². The van der Waals surface area contributed by atoms with Gasteiger partial charge in [-0.25, -0.2) is 9.97 Å². The minimum Gasteiger partial charge on any atom is -0.353 e. The van der Waals surface area contributed by atoms with Crippen molar-refractivity contribution in [2.75, 3.05) is 0 Å². The number of nitrogens with zero attached hydrogens (tertiary/aromatic N) is 3. The maximum absolute atomic E-state index is 12.7. The Hall–Kier alpha value is -2.63. The van der Waals surface area contributed by atoms with E-state index in [1.807, 2.05) is 6.20 Å². The number of imidazole rings is 1. The molecule has 1 atom stereocenters. The van der Waals surface area contributed by atoms with Crippen LogP contribution in [0.25, 0.3) is 11.4 Å². The van der Waals surface area contributed by atoms with Gasteiger partial charge in [-0.3, -0.25) is 4.79 Å². The fourth-order valence-corrected chi connectivity index (χ4v) is 4.73. The number of H-pyrrole nitrogens is 1. The quantitative estimate of drug-likeness (QED) is 0.751. The zero-order valence-corrected chi connectivity index (χ0v) is 15.4. The molecule has 2 aliphatic heterocycles. The Labute approximate surface area is 158 Å². The van der Waals surface area contributed by atoms with Crippen LogP contribution >= 0.6 is 0 Å². The zero-order chi connectivity index (χ0) is 18.2. The molecule has 1 aromatic rings. The molecule has 5 rings (SSSR count). The molecule has 140 valence electrons. The number of carbonyl (C=O) groups is 1. The van der Waals surface area contributed by atoms with Crippen LogP contribution < -0.4 is 5.32 Å². The second-order valence-corrected chi connectivity index (χ2v) is 7.92. The number of hydrogen-bond donors (Lipinski definition) is 2. The highest BCUT2D eigenvalue weighted by molar-refractivity contribution is 5.79. The summed E-state index contributed by atoms with van der Waals surface area (Å²) in [5, 5.41) is 3.32. The number of aromatic nitrogens is 4. The van der Waals surface area contributed by atoms with Gasteiger partial charge in [-0.1, -0.05) is 0 Å². The first kappa shape index (κ1) is 16.5. The van der Waals surface area contributed by atoms with Crippen LogP contribution in [0.3, 0.4) is 0 Å². The Balaban J connectivity index is 1.18. The highest BCUT2D eigenvalue weighted by Crippen LogP contribution is 2.33. The van der Waals surface area contributed by atoms with E-state index in [0.717, 1.165) is 62.2 Å². The Kier molecular flexibility index (Phi) is 4.19. The van der Waals surface area contributed by atoms with Gasteiger partial charge in [0.15, 0.2) is 0 Å². The molecule has 2 N–H and O–H groups in total. The summed E-state index contributed by atoms with van der Waals surface area (Å²) in [5.74, 6) is 1.36. The average Bonchev–Trinajstić information content (AvgIpc) is 3.37. The van der Waals surface area contributed by atoms with Crippen molar-refractivity contribution in [3.05, 3.63) is 48.3 Å². The van der Waals surface area contributed by atoms with Gasteiger partial charge in [-0.2, -0.15) is 0 Å². The molecule has 0 aromatic carbocycles. The van der Waals surface area contributed by atoms with Gasteiger partial charge in [0, 0.05) is 48.1 Å². The summed E-state index contributed by atoms with van der Waals surface area (Å²) in [4.78, 5) is 24.8. The summed E-state index contributed by atoms with van der Waals surface area (Å²) < 4.78 is 2.31. The Morgan fingerprint density at radius 3 is 2.93 bits per heavy atom. The number of hydrogen-bond acceptors (Lipinski definition) is 3. The molecule has 0 bridgehead atoms. The van der Waals surface area contributed by atoms with E-state index in [0.29, 0.717) is 12.1 Å². The van der Waals surface area contributed by atoms with Crippen LogP contribution in [0.2, 0.25) is 0 Å². The standard InChI is InChI=1S/C21H25N5O/c27-21(15-3-8-18-19(12-15)24-13-23-18)25-16-4-6-17(7-5-16)26-11-1-2-14-9-10-22-20(14)26/h1-2,9-11,13,15-17H,3-8,12H2,(H,23,24)(H,25,27). The highest BCUT2D eigenvalue weighted by Gasteiger charge is 2.30. The van der Waals surface area contributed by atoms with Crippen LogP contribution in [0.5, 0.6) is 0 Å². The number of pyridine rings is 1. The normalized spacial score (nSPS) is 25.3. The molecule has 6 heteroatoms. The number of rotatable bonds is 3. The number of aryl methyl sites for hydroxylation is 1. The molecule has 1 unspecified atom stereocenters. The first-order valence-corrected chi connectivity index (χ1v) is 10.0. The van der Waals surface area contributed by atoms with Crippen LogP contribution in [-0.4, -0.2) is 31.5 Å². The van der Waals surface area contributed by atoms with Crippen LogP contribution in [0.1, 0.15) is 49.5 Å². The molecule has 0 radical (unpaired) electrons. The van der Waals surface area contributed by atoms with E-state index < -0.39 is 0 Å². The lowest BCUT2D eigenvalue weighted by atomic mass is 9.87. The van der Waals surface area contributed by atoms with Crippen LogP contribution in [0.15, 0.2) is 36.9 Å². The molecule has 3 heterocycles. The number of nitrogens with one attached hydrogen (secondary N) is 2. The van der Waals surface area contributed by atoms with Gasteiger partial charge >= 0.3 is 0 Å². The van der Waals surface area contributed by atoms with Crippen molar-refractivity contribution in [3.63, 3.8) is 0 Å². The third-order valence-electron chi connectivity index (χ3n) is 6.27. The fourth-order valence-electron chi connectivity index (χ4n) is 4.73. The first-order chi connectivity index (χ1) is 13.3. The third kappa shape index (κ3) is 3.13. The van der Waals surface area contributed by atoms with Crippen LogP contribution in [0.4, 0.5) is 0 Å². The topological polar surface area (TPSA) is 75.6 Å². The highest BCUT2D eigenvalue weighted by atomic mass is 16.1. The van der Waals surface area contributed by atoms with E-state index in [9.17, 15) is 4.79 Å². The second kappa shape index (κ2) is 6.83. The minimum absolute atomic E-state index is 0.0762. The molecule has 0 spiro atoms. The average molecular weight is 363 g/mol. The van der Waals surface area contributed by atoms with E-state index in [4.69, 9.17) is 0 Å². The molecule has 1 amide bonds. The Morgan fingerprint density at radius 1 is 1.15 bits per heavy atom. The summed E-state index contributed by atoms with van der Waals surface area (Å²) in [6, 6.07) is 7.04. The largest absolute Gasteiger partial charge is 0.353 e. The zero-order valence-electron chi connectivity index (χ0n) is 15.4. The van der Waals surface area contributed by atoms with Crippen molar-refractivity contribution in [2.24, 2.45) is 5.92 Å². The number of amides is 1. The lowest BCUT2D eigenvalue weighted by molar-refractivity contribution is -0.126. The summed E-state index contributed by atoms with van der Waals surface area (Å²) >= 11 is 0. The molecule has 0 saturated heterocycles. The minimum atomic E-state index is 0.0762. The third-order valence-corrected chi connectivity index (χ3v) is 6.27.